The van der Waals surface area contributed by atoms with Crippen molar-refractivity contribution in [3.8, 4) is 0 Å². The van der Waals surface area contributed by atoms with Crippen molar-refractivity contribution < 1.29 is 5.11 Å². The lowest BCUT2D eigenvalue weighted by molar-refractivity contribution is 0.219. The first-order valence-corrected chi connectivity index (χ1v) is 4.70. The molecule has 0 aliphatic heterocycles. The molecule has 0 aliphatic carbocycles. The molecule has 4 heteroatoms. The largest absolute Gasteiger partial charge is 0.396 e. The first-order valence-electron chi connectivity index (χ1n) is 4.70. The van der Waals surface area contributed by atoms with Crippen LogP contribution in [-0.4, -0.2) is 22.2 Å². The molecular weight excluding hydrogens is 178 g/mol. The predicted octanol–water partition coefficient (Wildman–Crippen LogP) is 1.24. The fourth-order valence-electron chi connectivity index (χ4n) is 1.09. The number of hydrogen-bond acceptors (Lipinski definition) is 4. The summed E-state index contributed by atoms with van der Waals surface area (Å²) >= 11 is 0. The molecule has 0 aliphatic rings. The lowest BCUT2D eigenvalue weighted by Gasteiger charge is -2.29. The smallest absolute Gasteiger partial charge is 0.0736 e. The van der Waals surface area contributed by atoms with Crippen molar-refractivity contribution in [3.63, 3.8) is 0 Å². The molecule has 0 fully saturated rings. The molecule has 0 bridgehead atoms. The maximum Gasteiger partial charge on any atom is 0.0736 e. The molecule has 4 nitrogen and oxygen atoms in total. The number of nitrogens with zero attached hydrogens (tertiary/aromatic N) is 1. The van der Waals surface area contributed by atoms with Crippen molar-refractivity contribution >= 4 is 11.4 Å². The number of anilines is 2. The zero-order valence-electron chi connectivity index (χ0n) is 8.62. The van der Waals surface area contributed by atoms with Gasteiger partial charge in [-0.3, -0.25) is 4.98 Å². The number of nitrogen functional groups attached to an aromatic ring is 1. The van der Waals surface area contributed by atoms with Gasteiger partial charge in [-0.15, -0.1) is 0 Å². The second-order valence-corrected chi connectivity index (χ2v) is 3.66. The van der Waals surface area contributed by atoms with Gasteiger partial charge in [0, 0.05) is 6.20 Å². The van der Waals surface area contributed by atoms with Gasteiger partial charge in [0.2, 0.25) is 0 Å². The highest BCUT2D eigenvalue weighted by Crippen LogP contribution is 2.22. The van der Waals surface area contributed by atoms with Crippen LogP contribution in [0.15, 0.2) is 18.5 Å². The van der Waals surface area contributed by atoms with Crippen molar-refractivity contribution in [2.75, 3.05) is 17.7 Å². The third-order valence-corrected chi connectivity index (χ3v) is 2.42. The molecular formula is C10H17N3O. The molecule has 1 rings (SSSR count). The van der Waals surface area contributed by atoms with Crippen LogP contribution in [-0.2, 0) is 0 Å². The second kappa shape index (κ2) is 4.28. The maximum absolute atomic E-state index is 9.22. The van der Waals surface area contributed by atoms with Gasteiger partial charge < -0.3 is 16.2 Å². The van der Waals surface area contributed by atoms with Crippen LogP contribution in [0.5, 0.6) is 0 Å². The number of aliphatic hydroxyl groups is 1. The normalized spacial score (nSPS) is 14.8. The third-order valence-electron chi connectivity index (χ3n) is 2.42. The average Bonchev–Trinajstić information content (AvgIpc) is 2.21. The molecule has 1 unspecified atom stereocenters. The van der Waals surface area contributed by atoms with Gasteiger partial charge >= 0.3 is 0 Å². The Morgan fingerprint density at radius 2 is 2.36 bits per heavy atom. The van der Waals surface area contributed by atoms with E-state index in [1.54, 1.807) is 18.5 Å². The van der Waals surface area contributed by atoms with E-state index in [4.69, 9.17) is 5.73 Å². The van der Waals surface area contributed by atoms with Crippen molar-refractivity contribution in [2.24, 2.45) is 0 Å². The van der Waals surface area contributed by atoms with Gasteiger partial charge in [0.25, 0.3) is 0 Å². The summed E-state index contributed by atoms with van der Waals surface area (Å²) in [4.78, 5) is 3.90. The lowest BCUT2D eigenvalue weighted by Crippen LogP contribution is -2.38. The van der Waals surface area contributed by atoms with E-state index in [0.717, 1.165) is 12.1 Å². The summed E-state index contributed by atoms with van der Waals surface area (Å²) in [5, 5.41) is 12.4. The number of aliphatic hydroxyl groups excluding tert-OH is 1. The van der Waals surface area contributed by atoms with Gasteiger partial charge in [0.15, 0.2) is 0 Å². The van der Waals surface area contributed by atoms with Crippen LogP contribution in [0.25, 0.3) is 0 Å². The van der Waals surface area contributed by atoms with E-state index in [-0.39, 0.29) is 12.1 Å². The first kappa shape index (κ1) is 10.8. The topological polar surface area (TPSA) is 71.2 Å². The Morgan fingerprint density at radius 1 is 1.64 bits per heavy atom. The molecule has 1 atom stereocenters. The molecule has 0 spiro atoms. The fraction of sp³-hybridized carbons (Fsp3) is 0.500. The highest BCUT2D eigenvalue weighted by Gasteiger charge is 2.20. The maximum atomic E-state index is 9.22. The number of nitrogens with one attached hydrogen (secondary N) is 1. The fourth-order valence-corrected chi connectivity index (χ4v) is 1.09. The van der Waals surface area contributed by atoms with E-state index < -0.39 is 0 Å². The van der Waals surface area contributed by atoms with Crippen LogP contribution in [0.4, 0.5) is 11.4 Å². The Hall–Kier alpha value is -1.29. The number of pyridine rings is 1. The standard InChI is InChI=1S/C10H17N3O/c1-3-10(2,7-14)13-9-4-5-12-6-8(9)11/h4-6,14H,3,7,11H2,1-2H3,(H,12,13). The summed E-state index contributed by atoms with van der Waals surface area (Å²) in [5.74, 6) is 0. The summed E-state index contributed by atoms with van der Waals surface area (Å²) < 4.78 is 0. The Bertz CT molecular complexity index is 297. The zero-order valence-corrected chi connectivity index (χ0v) is 8.62. The van der Waals surface area contributed by atoms with E-state index in [1.807, 2.05) is 13.8 Å². The van der Waals surface area contributed by atoms with Crippen LogP contribution in [0, 0.1) is 0 Å². The van der Waals surface area contributed by atoms with E-state index in [2.05, 4.69) is 10.3 Å². The number of nitrogens with two attached hydrogens (primary N) is 1. The average molecular weight is 195 g/mol. The molecule has 0 saturated carbocycles. The zero-order chi connectivity index (χ0) is 10.6. The van der Waals surface area contributed by atoms with Gasteiger partial charge in [-0.1, -0.05) is 6.92 Å². The quantitative estimate of drug-likeness (QED) is 0.676. The summed E-state index contributed by atoms with van der Waals surface area (Å²) in [6.07, 6.45) is 4.09. The molecule has 0 aromatic carbocycles. The van der Waals surface area contributed by atoms with Crippen LogP contribution in [0.3, 0.4) is 0 Å². The summed E-state index contributed by atoms with van der Waals surface area (Å²) in [6.45, 7) is 4.04. The Labute approximate surface area is 84.2 Å². The highest BCUT2D eigenvalue weighted by atomic mass is 16.3. The molecule has 0 radical (unpaired) electrons. The first-order chi connectivity index (χ1) is 6.61. The predicted molar refractivity (Wildman–Crippen MR) is 58.1 cm³/mol. The Kier molecular flexibility index (Phi) is 3.30. The Morgan fingerprint density at radius 3 is 2.86 bits per heavy atom. The van der Waals surface area contributed by atoms with E-state index >= 15 is 0 Å². The van der Waals surface area contributed by atoms with Crippen LogP contribution in [0.2, 0.25) is 0 Å². The SMILES string of the molecule is CCC(C)(CO)Nc1ccncc1N. The molecule has 78 valence electrons. The minimum atomic E-state index is -0.324. The second-order valence-electron chi connectivity index (χ2n) is 3.66. The van der Waals surface area contributed by atoms with Crippen molar-refractivity contribution in [2.45, 2.75) is 25.8 Å². The molecule has 4 N–H and O–H groups in total. The monoisotopic (exact) mass is 195 g/mol. The van der Waals surface area contributed by atoms with Gasteiger partial charge in [-0.25, -0.2) is 0 Å². The van der Waals surface area contributed by atoms with E-state index in [0.29, 0.717) is 5.69 Å². The third kappa shape index (κ3) is 2.35. The van der Waals surface area contributed by atoms with Crippen molar-refractivity contribution in [1.82, 2.24) is 4.98 Å². The van der Waals surface area contributed by atoms with Gasteiger partial charge in [0.1, 0.15) is 0 Å². The minimum absolute atomic E-state index is 0.0747. The van der Waals surface area contributed by atoms with Crippen molar-refractivity contribution in [1.29, 1.82) is 0 Å². The van der Waals surface area contributed by atoms with Crippen LogP contribution in [0.1, 0.15) is 20.3 Å². The molecule has 1 aromatic rings. The van der Waals surface area contributed by atoms with E-state index in [9.17, 15) is 5.11 Å². The highest BCUT2D eigenvalue weighted by molar-refractivity contribution is 5.65. The molecule has 0 saturated heterocycles. The molecule has 14 heavy (non-hydrogen) atoms. The lowest BCUT2D eigenvalue weighted by atomic mass is 10.00. The number of aromatic nitrogens is 1. The summed E-state index contributed by atoms with van der Waals surface area (Å²) in [7, 11) is 0. The summed E-state index contributed by atoms with van der Waals surface area (Å²) in [6, 6.07) is 1.80. The van der Waals surface area contributed by atoms with E-state index in [1.165, 1.54) is 0 Å². The number of hydrogen-bond donors (Lipinski definition) is 3. The minimum Gasteiger partial charge on any atom is -0.396 e. The van der Waals surface area contributed by atoms with Crippen molar-refractivity contribution in [3.05, 3.63) is 18.5 Å². The van der Waals surface area contributed by atoms with Crippen LogP contribution >= 0.6 is 0 Å². The Balaban J connectivity index is 2.82. The van der Waals surface area contributed by atoms with Gasteiger partial charge in [-0.2, -0.15) is 0 Å². The van der Waals surface area contributed by atoms with Gasteiger partial charge in [-0.05, 0) is 19.4 Å². The van der Waals surface area contributed by atoms with Gasteiger partial charge in [0.05, 0.1) is 29.7 Å². The molecule has 1 heterocycles. The molecule has 0 amide bonds. The summed E-state index contributed by atoms with van der Waals surface area (Å²) in [5.41, 5.74) is 6.82. The number of rotatable bonds is 4. The van der Waals surface area contributed by atoms with Crippen LogP contribution < -0.4 is 11.1 Å². The molecule has 1 aromatic heterocycles.